The molecule has 2 aromatic rings. The lowest BCUT2D eigenvalue weighted by molar-refractivity contribution is -0.387. The summed E-state index contributed by atoms with van der Waals surface area (Å²) in [6, 6.07) is 3.00. The summed E-state index contributed by atoms with van der Waals surface area (Å²) < 4.78 is 19.9. The Hall–Kier alpha value is -4.07. The molecule has 2 heterocycles. The highest BCUT2D eigenvalue weighted by molar-refractivity contribution is 6.05. The van der Waals surface area contributed by atoms with E-state index in [1.807, 2.05) is 6.92 Å². The molecule has 3 N–H and O–H groups in total. The van der Waals surface area contributed by atoms with Crippen LogP contribution in [0.1, 0.15) is 19.8 Å². The zero-order valence-electron chi connectivity index (χ0n) is 19.2. The van der Waals surface area contributed by atoms with Crippen molar-refractivity contribution in [2.24, 2.45) is 5.92 Å². The van der Waals surface area contributed by atoms with E-state index < -0.39 is 45.4 Å². The fourth-order valence-electron chi connectivity index (χ4n) is 3.95. The number of ether oxygens (including phenoxy) is 1. The number of nitro groups is 1. The Morgan fingerprint density at radius 2 is 2.09 bits per heavy atom. The van der Waals surface area contributed by atoms with Gasteiger partial charge in [-0.2, -0.15) is 4.39 Å². The molecule has 0 bridgehead atoms. The number of anilines is 3. The lowest BCUT2D eigenvalue weighted by atomic mass is 10.1. The number of methoxy groups -OCH3 is 1. The minimum atomic E-state index is -1.05. The highest BCUT2D eigenvalue weighted by Gasteiger charge is 2.39. The first kappa shape index (κ1) is 25.6. The molecular weight excluding hydrogens is 467 g/mol. The van der Waals surface area contributed by atoms with Crippen LogP contribution < -0.4 is 26.8 Å². The van der Waals surface area contributed by atoms with E-state index in [0.717, 1.165) is 26.5 Å². The number of nitrogens with one attached hydrogen (secondary N) is 1. The Morgan fingerprint density at radius 3 is 2.71 bits per heavy atom. The summed E-state index contributed by atoms with van der Waals surface area (Å²) in [4.78, 5) is 65.6. The molecule has 13 nitrogen and oxygen atoms in total. The Balaban J connectivity index is 1.97. The van der Waals surface area contributed by atoms with Crippen molar-refractivity contribution in [2.45, 2.75) is 26.3 Å². The van der Waals surface area contributed by atoms with Crippen molar-refractivity contribution >= 4 is 34.7 Å². The number of hydrogen-bond donors (Lipinski definition) is 2. The maximum absolute atomic E-state index is 13.7. The van der Waals surface area contributed by atoms with E-state index in [1.165, 1.54) is 13.2 Å². The molecule has 1 aliphatic rings. The van der Waals surface area contributed by atoms with E-state index in [-0.39, 0.29) is 49.9 Å². The van der Waals surface area contributed by atoms with Crippen LogP contribution in [0, 0.1) is 21.8 Å². The van der Waals surface area contributed by atoms with Gasteiger partial charge in [0.15, 0.2) is 5.69 Å². The van der Waals surface area contributed by atoms with Gasteiger partial charge in [-0.15, -0.1) is 0 Å². The van der Waals surface area contributed by atoms with Crippen molar-refractivity contribution in [3.63, 3.8) is 0 Å². The van der Waals surface area contributed by atoms with Crippen LogP contribution in [-0.2, 0) is 20.9 Å². The number of nitro benzene ring substituents is 1. The van der Waals surface area contributed by atoms with E-state index in [1.54, 1.807) is 0 Å². The van der Waals surface area contributed by atoms with Crippen molar-refractivity contribution in [2.75, 3.05) is 42.3 Å². The molecule has 1 fully saturated rings. The van der Waals surface area contributed by atoms with Crippen LogP contribution in [0.25, 0.3) is 0 Å². The highest BCUT2D eigenvalue weighted by atomic mass is 19.1. The first-order valence-corrected chi connectivity index (χ1v) is 10.8. The molecule has 1 unspecified atom stereocenters. The van der Waals surface area contributed by atoms with Crippen LogP contribution >= 0.6 is 0 Å². The van der Waals surface area contributed by atoms with Gasteiger partial charge in [-0.3, -0.25) is 34.0 Å². The molecule has 0 saturated carbocycles. The Kier molecular flexibility index (Phi) is 7.64. The largest absolute Gasteiger partial charge is 0.383 e. The van der Waals surface area contributed by atoms with Crippen molar-refractivity contribution in [1.82, 2.24) is 9.55 Å². The van der Waals surface area contributed by atoms with Crippen molar-refractivity contribution in [1.29, 1.82) is 0 Å². The second-order valence-corrected chi connectivity index (χ2v) is 7.93. The average molecular weight is 492 g/mol. The number of aromatic amines is 1. The normalized spacial score (nSPS) is 15.5. The molecule has 188 valence electrons. The average Bonchev–Trinajstić information content (AvgIpc) is 3.20. The predicted octanol–water partition coefficient (Wildman–Crippen LogP) is 0.609. The SMILES string of the molecule is CCCn1c(N)c(N(CCOC)C(=O)C2CC(=O)N(c3ccc(F)c([N+](=O)[O-])c3)C2)c(=O)[nH]c1=O. The molecule has 1 aromatic heterocycles. The van der Waals surface area contributed by atoms with Gasteiger partial charge in [-0.25, -0.2) is 4.79 Å². The predicted molar refractivity (Wildman–Crippen MR) is 124 cm³/mol. The van der Waals surface area contributed by atoms with Crippen LogP contribution in [0.15, 0.2) is 27.8 Å². The monoisotopic (exact) mass is 492 g/mol. The number of amides is 2. The van der Waals surface area contributed by atoms with Gasteiger partial charge in [-0.1, -0.05) is 6.92 Å². The fraction of sp³-hybridized carbons (Fsp3) is 0.429. The zero-order valence-corrected chi connectivity index (χ0v) is 19.2. The number of benzene rings is 1. The molecule has 1 aliphatic heterocycles. The van der Waals surface area contributed by atoms with Crippen LogP contribution in [-0.4, -0.2) is 53.1 Å². The molecule has 3 rings (SSSR count). The first-order chi connectivity index (χ1) is 16.6. The summed E-state index contributed by atoms with van der Waals surface area (Å²) in [7, 11) is 1.40. The molecule has 14 heteroatoms. The van der Waals surface area contributed by atoms with E-state index in [2.05, 4.69) is 4.98 Å². The molecule has 0 radical (unpaired) electrons. The number of H-pyrrole nitrogens is 1. The Bertz CT molecular complexity index is 1270. The van der Waals surface area contributed by atoms with Crippen LogP contribution in [0.2, 0.25) is 0 Å². The van der Waals surface area contributed by atoms with Crippen LogP contribution in [0.3, 0.4) is 0 Å². The summed E-state index contributed by atoms with van der Waals surface area (Å²) >= 11 is 0. The summed E-state index contributed by atoms with van der Waals surface area (Å²) in [6.45, 7) is 1.81. The summed E-state index contributed by atoms with van der Waals surface area (Å²) in [6.07, 6.45) is 0.289. The maximum atomic E-state index is 13.7. The maximum Gasteiger partial charge on any atom is 0.330 e. The van der Waals surface area contributed by atoms with E-state index >= 15 is 0 Å². The molecular formula is C21H25FN6O7. The van der Waals surface area contributed by atoms with E-state index in [0.29, 0.717) is 6.42 Å². The van der Waals surface area contributed by atoms with E-state index in [4.69, 9.17) is 10.5 Å². The molecule has 0 aliphatic carbocycles. The number of hydrogen-bond acceptors (Lipinski definition) is 8. The van der Waals surface area contributed by atoms with Gasteiger partial charge in [0.05, 0.1) is 23.1 Å². The topological polar surface area (TPSA) is 174 Å². The smallest absolute Gasteiger partial charge is 0.330 e. The molecule has 1 saturated heterocycles. The third kappa shape index (κ3) is 5.06. The summed E-state index contributed by atoms with van der Waals surface area (Å²) in [5, 5.41) is 11.1. The molecule has 1 aromatic carbocycles. The molecule has 0 spiro atoms. The van der Waals surface area contributed by atoms with Crippen LogP contribution in [0.4, 0.5) is 27.3 Å². The second-order valence-electron chi connectivity index (χ2n) is 7.93. The van der Waals surface area contributed by atoms with Gasteiger partial charge in [0, 0.05) is 39.2 Å². The number of nitrogen functional groups attached to an aromatic ring is 1. The first-order valence-electron chi connectivity index (χ1n) is 10.8. The molecule has 1 atom stereocenters. The lowest BCUT2D eigenvalue weighted by Gasteiger charge is -2.26. The second kappa shape index (κ2) is 10.5. The number of halogens is 1. The number of carbonyl (C=O) groups is 2. The van der Waals surface area contributed by atoms with Gasteiger partial charge >= 0.3 is 11.4 Å². The van der Waals surface area contributed by atoms with Crippen molar-refractivity contribution < 1.29 is 23.6 Å². The third-order valence-corrected chi connectivity index (χ3v) is 5.63. The Morgan fingerprint density at radius 1 is 1.37 bits per heavy atom. The molecule has 35 heavy (non-hydrogen) atoms. The fourth-order valence-corrected chi connectivity index (χ4v) is 3.95. The van der Waals surface area contributed by atoms with Gasteiger partial charge in [-0.05, 0) is 18.6 Å². The lowest BCUT2D eigenvalue weighted by Crippen LogP contribution is -2.45. The van der Waals surface area contributed by atoms with Crippen molar-refractivity contribution in [3.05, 3.63) is 55.0 Å². The summed E-state index contributed by atoms with van der Waals surface area (Å²) in [5.74, 6) is -3.31. The Labute approximate surface area is 198 Å². The number of nitrogens with zero attached hydrogens (tertiary/aromatic N) is 4. The number of aromatic nitrogens is 2. The highest BCUT2D eigenvalue weighted by Crippen LogP contribution is 2.31. The zero-order chi connectivity index (χ0) is 25.9. The number of rotatable bonds is 9. The van der Waals surface area contributed by atoms with Crippen LogP contribution in [0.5, 0.6) is 0 Å². The van der Waals surface area contributed by atoms with Gasteiger partial charge in [0.25, 0.3) is 5.56 Å². The summed E-state index contributed by atoms with van der Waals surface area (Å²) in [5.41, 5.74) is 3.58. The number of carbonyl (C=O) groups excluding carboxylic acids is 2. The van der Waals surface area contributed by atoms with Gasteiger partial charge < -0.3 is 20.3 Å². The minimum Gasteiger partial charge on any atom is -0.383 e. The minimum absolute atomic E-state index is 0.0338. The van der Waals surface area contributed by atoms with Gasteiger partial charge in [0.2, 0.25) is 17.6 Å². The van der Waals surface area contributed by atoms with E-state index in [9.17, 15) is 33.7 Å². The standard InChI is InChI=1S/C21H25FN6O7/c1-3-6-26-18(23)17(19(30)24-21(26)32)25(7-8-35-2)20(31)12-9-16(29)27(11-12)13-4-5-14(22)15(10-13)28(33)34/h4-5,10,12H,3,6-9,11,23H2,1-2H3,(H,24,30,32). The van der Waals surface area contributed by atoms with Crippen molar-refractivity contribution in [3.8, 4) is 0 Å². The quantitative estimate of drug-likeness (QED) is 0.378. The third-order valence-electron chi connectivity index (χ3n) is 5.63. The number of nitrogens with two attached hydrogens (primary N) is 1. The molecule has 2 amide bonds. The van der Waals surface area contributed by atoms with Gasteiger partial charge in [0.1, 0.15) is 5.82 Å².